The normalized spacial score (nSPS) is 11.8. The maximum absolute atomic E-state index is 12.2. The van der Waals surface area contributed by atoms with E-state index in [1.165, 1.54) is 4.90 Å². The molecule has 1 atom stereocenters. The molecule has 0 aliphatic rings. The quantitative estimate of drug-likeness (QED) is 0.331. The summed E-state index contributed by atoms with van der Waals surface area (Å²) in [5, 5.41) is 20.7. The zero-order chi connectivity index (χ0) is 19.0. The van der Waals surface area contributed by atoms with Gasteiger partial charge < -0.3 is 24.9 Å². The van der Waals surface area contributed by atoms with Crippen LogP contribution in [-0.2, 0) is 20.7 Å². The van der Waals surface area contributed by atoms with Gasteiger partial charge in [-0.05, 0) is 31.9 Å². The van der Waals surface area contributed by atoms with E-state index in [2.05, 4.69) is 5.32 Å². The second-order valence-corrected chi connectivity index (χ2v) is 5.96. The summed E-state index contributed by atoms with van der Waals surface area (Å²) >= 11 is 5.51. The molecule has 0 unspecified atom stereocenters. The van der Waals surface area contributed by atoms with Crippen molar-refractivity contribution in [2.75, 3.05) is 19.0 Å². The fourth-order valence-corrected chi connectivity index (χ4v) is 2.58. The van der Waals surface area contributed by atoms with Crippen molar-refractivity contribution in [3.63, 3.8) is 0 Å². The molecule has 138 valence electrons. The number of carbonyl (C=O) groups excluding carboxylic acids is 2. The van der Waals surface area contributed by atoms with Crippen LogP contribution in [0.3, 0.4) is 0 Å². The zero-order valence-corrected chi connectivity index (χ0v) is 15.4. The number of nitrogens with one attached hydrogen (secondary N) is 1. The molecular formula is C16H24BClN2O5. The number of alkyl halides is 1. The van der Waals surface area contributed by atoms with Gasteiger partial charge in [0.2, 0.25) is 11.8 Å². The largest absolute Gasteiger partial charge is 0.635 e. The maximum atomic E-state index is 12.2. The highest BCUT2D eigenvalue weighted by atomic mass is 35.5. The van der Waals surface area contributed by atoms with Gasteiger partial charge in [-0.1, -0.05) is 23.8 Å². The third-order valence-corrected chi connectivity index (χ3v) is 3.92. The third-order valence-electron chi connectivity index (χ3n) is 3.69. The predicted molar refractivity (Wildman–Crippen MR) is 95.8 cm³/mol. The number of nitrogens with zero attached hydrogens (tertiary/aromatic N) is 1. The molecule has 0 aromatic heterocycles. The number of aryl methyl sites for hydroxylation is 2. The Morgan fingerprint density at radius 3 is 2.56 bits per heavy atom. The summed E-state index contributed by atoms with van der Waals surface area (Å²) in [6, 6.07) is 5.81. The SMILES string of the molecule is CCN(CC(=O)N[C@@H](Cc1ccc(C)cc1C)OB(O)O)C(=O)CCl. The number of hydrogen-bond acceptors (Lipinski definition) is 5. The lowest BCUT2D eigenvalue weighted by molar-refractivity contribution is -0.135. The van der Waals surface area contributed by atoms with Crippen molar-refractivity contribution in [2.45, 2.75) is 33.4 Å². The molecule has 25 heavy (non-hydrogen) atoms. The van der Waals surface area contributed by atoms with Crippen molar-refractivity contribution in [2.24, 2.45) is 0 Å². The van der Waals surface area contributed by atoms with Crippen LogP contribution in [0.4, 0.5) is 0 Å². The molecule has 0 spiro atoms. The first kappa shape index (κ1) is 21.4. The molecule has 0 saturated carbocycles. The highest BCUT2D eigenvalue weighted by Gasteiger charge is 2.23. The van der Waals surface area contributed by atoms with Crippen LogP contribution in [0.2, 0.25) is 0 Å². The number of carbonyl (C=O) groups is 2. The maximum Gasteiger partial charge on any atom is 0.635 e. The number of rotatable bonds is 9. The van der Waals surface area contributed by atoms with E-state index >= 15 is 0 Å². The highest BCUT2D eigenvalue weighted by Crippen LogP contribution is 2.13. The van der Waals surface area contributed by atoms with Gasteiger partial charge in [-0.2, -0.15) is 0 Å². The molecule has 1 aromatic carbocycles. The lowest BCUT2D eigenvalue weighted by atomic mass is 10.0. The Balaban J connectivity index is 2.78. The molecule has 2 amide bonds. The molecule has 0 heterocycles. The Morgan fingerprint density at radius 2 is 2.04 bits per heavy atom. The number of halogens is 1. The summed E-state index contributed by atoms with van der Waals surface area (Å²) in [6.07, 6.45) is -0.691. The third kappa shape index (κ3) is 7.44. The van der Waals surface area contributed by atoms with Crippen molar-refractivity contribution < 1.29 is 24.3 Å². The van der Waals surface area contributed by atoms with Crippen LogP contribution in [0.25, 0.3) is 0 Å². The summed E-state index contributed by atoms with van der Waals surface area (Å²) < 4.78 is 4.96. The Morgan fingerprint density at radius 1 is 1.36 bits per heavy atom. The van der Waals surface area contributed by atoms with E-state index in [4.69, 9.17) is 26.3 Å². The first-order chi connectivity index (χ1) is 11.8. The Hall–Kier alpha value is -1.61. The van der Waals surface area contributed by atoms with Crippen LogP contribution in [0, 0.1) is 13.8 Å². The Kier molecular flexibility index (Phi) is 8.92. The minimum absolute atomic E-state index is 0.184. The number of hydrogen-bond donors (Lipinski definition) is 3. The van der Waals surface area contributed by atoms with E-state index in [0.29, 0.717) is 6.54 Å². The van der Waals surface area contributed by atoms with Gasteiger partial charge in [0.1, 0.15) is 12.1 Å². The molecule has 0 aliphatic carbocycles. The molecule has 0 radical (unpaired) electrons. The molecule has 9 heteroatoms. The summed E-state index contributed by atoms with van der Waals surface area (Å²) in [5.41, 5.74) is 3.01. The predicted octanol–water partition coefficient (Wildman–Crippen LogP) is 0.362. The van der Waals surface area contributed by atoms with E-state index in [9.17, 15) is 9.59 Å². The summed E-state index contributed by atoms with van der Waals surface area (Å²) in [4.78, 5) is 25.1. The molecule has 7 nitrogen and oxygen atoms in total. The fourth-order valence-electron chi connectivity index (χ4n) is 2.41. The first-order valence-corrected chi connectivity index (χ1v) is 8.51. The Labute approximate surface area is 153 Å². The van der Waals surface area contributed by atoms with Gasteiger partial charge in [-0.25, -0.2) is 0 Å². The second-order valence-electron chi connectivity index (χ2n) is 5.69. The first-order valence-electron chi connectivity index (χ1n) is 7.97. The smallest absolute Gasteiger partial charge is 0.402 e. The van der Waals surface area contributed by atoms with Gasteiger partial charge in [0, 0.05) is 13.0 Å². The lowest BCUT2D eigenvalue weighted by Crippen LogP contribution is -2.47. The standard InChI is InChI=1S/C16H24BClN2O5/c1-4-20(16(22)9-18)10-14(21)19-15(25-17(23)24)8-13-6-5-11(2)7-12(13)3/h5-7,15,23-24H,4,8-10H2,1-3H3,(H,19,21)/t15-/m1/s1. The van der Waals surface area contributed by atoms with Crippen LogP contribution >= 0.6 is 11.6 Å². The van der Waals surface area contributed by atoms with E-state index in [-0.39, 0.29) is 24.8 Å². The zero-order valence-electron chi connectivity index (χ0n) is 14.7. The molecule has 0 saturated heterocycles. The summed E-state index contributed by atoms with van der Waals surface area (Å²) in [5.74, 6) is -1.04. The second kappa shape index (κ2) is 10.4. The van der Waals surface area contributed by atoms with Crippen molar-refractivity contribution in [1.29, 1.82) is 0 Å². The molecule has 3 N–H and O–H groups in total. The minimum Gasteiger partial charge on any atom is -0.402 e. The molecule has 1 rings (SSSR count). The summed E-state index contributed by atoms with van der Waals surface area (Å²) in [7, 11) is -2.03. The summed E-state index contributed by atoms with van der Waals surface area (Å²) in [6.45, 7) is 5.78. The van der Waals surface area contributed by atoms with Crippen LogP contribution in [0.5, 0.6) is 0 Å². The molecule has 0 bridgehead atoms. The molecular weight excluding hydrogens is 346 g/mol. The minimum atomic E-state index is -2.03. The molecule has 1 aromatic rings. The number of amides is 2. The average molecular weight is 371 g/mol. The van der Waals surface area contributed by atoms with Gasteiger partial charge in [-0.3, -0.25) is 9.59 Å². The van der Waals surface area contributed by atoms with Gasteiger partial charge in [-0.15, -0.1) is 11.6 Å². The number of likely N-dealkylation sites (N-methyl/N-ethyl adjacent to an activating group) is 1. The van der Waals surface area contributed by atoms with Crippen molar-refractivity contribution >= 4 is 30.7 Å². The highest BCUT2D eigenvalue weighted by molar-refractivity contribution is 6.32. The van der Waals surface area contributed by atoms with Gasteiger partial charge >= 0.3 is 7.32 Å². The lowest BCUT2D eigenvalue weighted by Gasteiger charge is -2.23. The van der Waals surface area contributed by atoms with Crippen molar-refractivity contribution in [3.8, 4) is 0 Å². The van der Waals surface area contributed by atoms with Crippen LogP contribution in [0.15, 0.2) is 18.2 Å². The van der Waals surface area contributed by atoms with E-state index in [0.717, 1.165) is 16.7 Å². The molecule has 0 aliphatic heterocycles. The van der Waals surface area contributed by atoms with E-state index in [1.54, 1.807) is 6.92 Å². The van der Waals surface area contributed by atoms with Crippen LogP contribution in [-0.4, -0.2) is 59.3 Å². The molecule has 0 fully saturated rings. The van der Waals surface area contributed by atoms with Gasteiger partial charge in [0.15, 0.2) is 0 Å². The average Bonchev–Trinajstić information content (AvgIpc) is 2.53. The van der Waals surface area contributed by atoms with E-state index < -0.39 is 19.5 Å². The fraction of sp³-hybridized carbons (Fsp3) is 0.500. The van der Waals surface area contributed by atoms with Crippen molar-refractivity contribution in [1.82, 2.24) is 10.2 Å². The Bertz CT molecular complexity index is 600. The van der Waals surface area contributed by atoms with E-state index in [1.807, 2.05) is 32.0 Å². The topological polar surface area (TPSA) is 99.1 Å². The van der Waals surface area contributed by atoms with Crippen LogP contribution in [0.1, 0.15) is 23.6 Å². The van der Waals surface area contributed by atoms with Gasteiger partial charge in [0.05, 0.1) is 6.54 Å². The van der Waals surface area contributed by atoms with Gasteiger partial charge in [0.25, 0.3) is 0 Å². The monoisotopic (exact) mass is 370 g/mol. The van der Waals surface area contributed by atoms with Crippen LogP contribution < -0.4 is 5.32 Å². The van der Waals surface area contributed by atoms with Crippen molar-refractivity contribution in [3.05, 3.63) is 34.9 Å². The number of benzene rings is 1.